The first-order chi connectivity index (χ1) is 21.4. The van der Waals surface area contributed by atoms with Crippen molar-refractivity contribution in [2.24, 2.45) is 0 Å². The Morgan fingerprint density at radius 2 is 1.68 bits per heavy atom. The molecule has 0 radical (unpaired) electrons. The molecule has 1 fully saturated rings. The third-order valence-electron chi connectivity index (χ3n) is 7.05. The highest BCUT2D eigenvalue weighted by atomic mass is 35.5. The van der Waals surface area contributed by atoms with Crippen LogP contribution in [0.4, 0.5) is 5.13 Å². The lowest BCUT2D eigenvalue weighted by Gasteiger charge is -2.22. The van der Waals surface area contributed by atoms with Gasteiger partial charge in [-0.25, -0.2) is 0 Å². The molecular formula is C34H26ClN3O4S2. The molecule has 220 valence electrons. The van der Waals surface area contributed by atoms with Gasteiger partial charge in [-0.1, -0.05) is 107 Å². The summed E-state index contributed by atoms with van der Waals surface area (Å²) in [5, 5.41) is 20.9. The van der Waals surface area contributed by atoms with Crippen molar-refractivity contribution in [2.45, 2.75) is 29.7 Å². The third-order valence-corrected chi connectivity index (χ3v) is 9.43. The smallest absolute Gasteiger partial charge is 0.301 e. The number of rotatable bonds is 9. The first kappa shape index (κ1) is 29.6. The van der Waals surface area contributed by atoms with E-state index in [4.69, 9.17) is 16.3 Å². The fourth-order valence-corrected chi connectivity index (χ4v) is 6.85. The van der Waals surface area contributed by atoms with Crippen molar-refractivity contribution in [3.63, 3.8) is 0 Å². The molecule has 7 nitrogen and oxygen atoms in total. The molecule has 0 bridgehead atoms. The van der Waals surface area contributed by atoms with Crippen LogP contribution in [0.2, 0.25) is 5.02 Å². The number of ketones is 1. The van der Waals surface area contributed by atoms with Crippen LogP contribution in [0.3, 0.4) is 0 Å². The standard InChI is InChI=1S/C34H26ClN3O4S2/c1-21-6-5-7-23(18-21)19-42-27-16-12-25(13-17-27)30(39)28-29(24-8-3-2-4-9-24)38(32(41)31(28)40)33-36-37-34(44-33)43-20-22-10-14-26(35)15-11-22/h2-18,29,39H,19-20H2,1H3. The molecule has 1 aliphatic rings. The molecule has 6 rings (SSSR count). The molecule has 0 spiro atoms. The Kier molecular flexibility index (Phi) is 8.79. The second kappa shape index (κ2) is 13.1. The zero-order valence-corrected chi connectivity index (χ0v) is 25.9. The topological polar surface area (TPSA) is 92.6 Å². The Morgan fingerprint density at radius 3 is 2.41 bits per heavy atom. The fourth-order valence-electron chi connectivity index (χ4n) is 4.90. The molecule has 44 heavy (non-hydrogen) atoms. The first-order valence-corrected chi connectivity index (χ1v) is 15.9. The number of Topliss-reactive ketones (excluding diaryl/α,β-unsaturated/α-hetero) is 1. The van der Waals surface area contributed by atoms with Crippen molar-refractivity contribution < 1.29 is 19.4 Å². The molecule has 0 aliphatic carbocycles. The maximum Gasteiger partial charge on any atom is 0.301 e. The van der Waals surface area contributed by atoms with Crippen molar-refractivity contribution in [2.75, 3.05) is 4.90 Å². The van der Waals surface area contributed by atoms with E-state index in [2.05, 4.69) is 16.3 Å². The van der Waals surface area contributed by atoms with Gasteiger partial charge in [0.15, 0.2) is 4.34 Å². The summed E-state index contributed by atoms with van der Waals surface area (Å²) >= 11 is 8.69. The Hall–Kier alpha value is -4.44. The maximum absolute atomic E-state index is 13.5. The van der Waals surface area contributed by atoms with Crippen LogP contribution in [0, 0.1) is 6.92 Å². The summed E-state index contributed by atoms with van der Waals surface area (Å²) < 4.78 is 6.56. The fraction of sp³-hybridized carbons (Fsp3) is 0.118. The number of hydrogen-bond donors (Lipinski definition) is 1. The molecule has 1 unspecified atom stereocenters. The maximum atomic E-state index is 13.5. The molecule has 10 heteroatoms. The monoisotopic (exact) mass is 639 g/mol. The molecule has 1 N–H and O–H groups in total. The molecule has 5 aromatic rings. The highest BCUT2D eigenvalue weighted by Crippen LogP contribution is 2.44. The minimum atomic E-state index is -0.879. The van der Waals surface area contributed by atoms with Crippen LogP contribution in [0.25, 0.3) is 5.76 Å². The van der Waals surface area contributed by atoms with E-state index >= 15 is 0 Å². The minimum Gasteiger partial charge on any atom is -0.507 e. The Balaban J connectivity index is 1.27. The van der Waals surface area contributed by atoms with E-state index in [-0.39, 0.29) is 16.5 Å². The van der Waals surface area contributed by atoms with Gasteiger partial charge in [0.2, 0.25) is 5.13 Å². The summed E-state index contributed by atoms with van der Waals surface area (Å²) in [4.78, 5) is 28.3. The predicted molar refractivity (Wildman–Crippen MR) is 174 cm³/mol. The van der Waals surface area contributed by atoms with Gasteiger partial charge in [0, 0.05) is 16.3 Å². The van der Waals surface area contributed by atoms with Gasteiger partial charge in [-0.3, -0.25) is 14.5 Å². The van der Waals surface area contributed by atoms with Gasteiger partial charge in [0.05, 0.1) is 11.6 Å². The summed E-state index contributed by atoms with van der Waals surface area (Å²) in [6.45, 7) is 2.42. The van der Waals surface area contributed by atoms with Crippen molar-refractivity contribution >= 4 is 57.3 Å². The molecule has 1 aromatic heterocycles. The van der Waals surface area contributed by atoms with E-state index in [1.807, 2.05) is 79.7 Å². The first-order valence-electron chi connectivity index (χ1n) is 13.7. The van der Waals surface area contributed by atoms with E-state index in [0.29, 0.717) is 38.6 Å². The Bertz CT molecular complexity index is 1840. The van der Waals surface area contributed by atoms with Crippen molar-refractivity contribution in [1.82, 2.24) is 10.2 Å². The molecule has 2 heterocycles. The zero-order chi connectivity index (χ0) is 30.6. The lowest BCUT2D eigenvalue weighted by Crippen LogP contribution is -2.29. The van der Waals surface area contributed by atoms with Gasteiger partial charge in [-0.05, 0) is 60.0 Å². The average Bonchev–Trinajstić information content (AvgIpc) is 3.62. The number of aryl methyl sites for hydroxylation is 1. The van der Waals surface area contributed by atoms with E-state index in [1.54, 1.807) is 24.3 Å². The summed E-state index contributed by atoms with van der Waals surface area (Å²) in [6, 6.07) is 30.6. The molecule has 0 saturated carbocycles. The molecule has 4 aromatic carbocycles. The quantitative estimate of drug-likeness (QED) is 0.0574. The summed E-state index contributed by atoms with van der Waals surface area (Å²) in [5.74, 6) is -0.588. The number of thioether (sulfide) groups is 1. The highest BCUT2D eigenvalue weighted by Gasteiger charge is 2.48. The van der Waals surface area contributed by atoms with Crippen LogP contribution in [-0.2, 0) is 21.9 Å². The van der Waals surface area contributed by atoms with Crippen molar-refractivity contribution in [1.29, 1.82) is 0 Å². The zero-order valence-electron chi connectivity index (χ0n) is 23.5. The number of anilines is 1. The van der Waals surface area contributed by atoms with Crippen LogP contribution in [0.15, 0.2) is 113 Å². The third kappa shape index (κ3) is 6.40. The van der Waals surface area contributed by atoms with Crippen LogP contribution >= 0.6 is 34.7 Å². The van der Waals surface area contributed by atoms with Crippen LogP contribution in [0.5, 0.6) is 5.75 Å². The van der Waals surface area contributed by atoms with Crippen LogP contribution < -0.4 is 9.64 Å². The van der Waals surface area contributed by atoms with E-state index in [0.717, 1.165) is 16.7 Å². The van der Waals surface area contributed by atoms with E-state index in [1.165, 1.54) is 28.0 Å². The lowest BCUT2D eigenvalue weighted by molar-refractivity contribution is -0.132. The van der Waals surface area contributed by atoms with E-state index in [9.17, 15) is 14.7 Å². The second-order valence-electron chi connectivity index (χ2n) is 10.1. The van der Waals surface area contributed by atoms with Gasteiger partial charge >= 0.3 is 5.91 Å². The number of amides is 1. The highest BCUT2D eigenvalue weighted by molar-refractivity contribution is 8.00. The van der Waals surface area contributed by atoms with Gasteiger partial charge in [0.25, 0.3) is 5.78 Å². The number of aliphatic hydroxyl groups excluding tert-OH is 1. The second-order valence-corrected chi connectivity index (χ2v) is 12.8. The summed E-state index contributed by atoms with van der Waals surface area (Å²) in [5.41, 5.74) is 4.30. The number of nitrogens with zero attached hydrogens (tertiary/aromatic N) is 3. The van der Waals surface area contributed by atoms with Crippen LogP contribution in [0.1, 0.15) is 33.9 Å². The SMILES string of the molecule is Cc1cccc(COc2ccc(C(O)=C3C(=O)C(=O)N(c4nnc(SCc5ccc(Cl)cc5)s4)C3c3ccccc3)cc2)c1. The largest absolute Gasteiger partial charge is 0.507 e. The molecule has 1 amide bonds. The number of aliphatic hydroxyl groups is 1. The van der Waals surface area contributed by atoms with Gasteiger partial charge in [-0.15, -0.1) is 10.2 Å². The number of carbonyl (C=O) groups is 2. The Labute approximate surface area is 267 Å². The van der Waals surface area contributed by atoms with Crippen molar-refractivity contribution in [3.8, 4) is 5.75 Å². The normalized spacial score (nSPS) is 16.0. The van der Waals surface area contributed by atoms with Gasteiger partial charge in [-0.2, -0.15) is 0 Å². The minimum absolute atomic E-state index is 0.0137. The van der Waals surface area contributed by atoms with Crippen LogP contribution in [-0.4, -0.2) is 27.0 Å². The number of benzene rings is 4. The van der Waals surface area contributed by atoms with Gasteiger partial charge in [0.1, 0.15) is 18.1 Å². The predicted octanol–water partition coefficient (Wildman–Crippen LogP) is 8.00. The molecular weight excluding hydrogens is 614 g/mol. The summed E-state index contributed by atoms with van der Waals surface area (Å²) in [6.07, 6.45) is 0. The average molecular weight is 640 g/mol. The lowest BCUT2D eigenvalue weighted by atomic mass is 9.95. The summed E-state index contributed by atoms with van der Waals surface area (Å²) in [7, 11) is 0. The number of halogens is 1. The molecule has 1 saturated heterocycles. The molecule has 1 aliphatic heterocycles. The Morgan fingerprint density at radius 1 is 0.932 bits per heavy atom. The number of aromatic nitrogens is 2. The number of carbonyl (C=O) groups excluding carboxylic acids is 2. The molecule has 1 atom stereocenters. The number of ether oxygens (including phenoxy) is 1. The van der Waals surface area contributed by atoms with Gasteiger partial charge < -0.3 is 9.84 Å². The van der Waals surface area contributed by atoms with Crippen molar-refractivity contribution in [3.05, 3.63) is 142 Å². The van der Waals surface area contributed by atoms with E-state index < -0.39 is 17.7 Å². The number of hydrogen-bond acceptors (Lipinski definition) is 8.